The van der Waals surface area contributed by atoms with E-state index in [2.05, 4.69) is 9.97 Å². The maximum Gasteiger partial charge on any atom is 0.338 e. The van der Waals surface area contributed by atoms with Crippen molar-refractivity contribution in [1.29, 1.82) is 0 Å². The number of rotatable bonds is 5. The van der Waals surface area contributed by atoms with Crippen molar-refractivity contribution in [2.24, 2.45) is 0 Å². The quantitative estimate of drug-likeness (QED) is 0.194. The Kier molecular flexibility index (Phi) is 6.92. The fourth-order valence-electron chi connectivity index (χ4n) is 4.14. The number of fused-ring (bicyclic) bond motifs is 1. The van der Waals surface area contributed by atoms with E-state index in [0.29, 0.717) is 14.6 Å². The third-order valence-electron chi connectivity index (χ3n) is 5.88. The Balaban J connectivity index is 1.53. The molecule has 12 heteroatoms. The number of carbonyl (C=O) groups excluding carboxylic acids is 1. The molecule has 2 aromatic heterocycles. The topological polar surface area (TPSA) is 107 Å². The highest BCUT2D eigenvalue weighted by Crippen LogP contribution is 2.41. The number of aliphatic hydroxyl groups is 2. The molecule has 8 nitrogen and oxygen atoms in total. The van der Waals surface area contributed by atoms with Gasteiger partial charge in [0.15, 0.2) is 24.0 Å². The maximum atomic E-state index is 14.1. The summed E-state index contributed by atoms with van der Waals surface area (Å²) < 4.78 is 41.6. The molecule has 1 fully saturated rings. The van der Waals surface area contributed by atoms with E-state index in [-0.39, 0.29) is 16.3 Å². The molecule has 0 saturated carbocycles. The molecule has 0 bridgehead atoms. The van der Waals surface area contributed by atoms with Gasteiger partial charge >= 0.3 is 5.97 Å². The van der Waals surface area contributed by atoms with E-state index in [4.69, 9.17) is 21.1 Å². The summed E-state index contributed by atoms with van der Waals surface area (Å²) in [5.41, 5.74) is 0.585. The van der Waals surface area contributed by atoms with Crippen molar-refractivity contribution in [3.8, 4) is 0 Å². The van der Waals surface area contributed by atoms with Gasteiger partial charge in [0.25, 0.3) is 0 Å². The van der Waals surface area contributed by atoms with Crippen LogP contribution in [0.1, 0.15) is 28.3 Å². The minimum absolute atomic E-state index is 0.0346. The van der Waals surface area contributed by atoms with Crippen LogP contribution in [0.25, 0.3) is 11.0 Å². The van der Waals surface area contributed by atoms with Gasteiger partial charge < -0.3 is 24.3 Å². The minimum atomic E-state index is -1.57. The highest BCUT2D eigenvalue weighted by molar-refractivity contribution is 14.1. The van der Waals surface area contributed by atoms with Crippen LogP contribution in [0.4, 0.5) is 8.78 Å². The van der Waals surface area contributed by atoms with E-state index < -0.39 is 48.2 Å². The molecule has 1 aliphatic rings. The predicted molar refractivity (Wildman–Crippen MR) is 132 cm³/mol. The molecule has 5 rings (SSSR count). The van der Waals surface area contributed by atoms with E-state index in [1.54, 1.807) is 24.4 Å². The Labute approximate surface area is 221 Å². The van der Waals surface area contributed by atoms with Crippen molar-refractivity contribution >= 4 is 51.2 Å². The van der Waals surface area contributed by atoms with Gasteiger partial charge in [0, 0.05) is 9.77 Å². The minimum Gasteiger partial charge on any atom is -0.451 e. The first-order chi connectivity index (χ1) is 17.3. The summed E-state index contributed by atoms with van der Waals surface area (Å²) in [6.45, 7) is 0. The van der Waals surface area contributed by atoms with Crippen LogP contribution in [0, 0.1) is 15.2 Å². The summed E-state index contributed by atoms with van der Waals surface area (Å²) in [6.07, 6.45) is -4.07. The smallest absolute Gasteiger partial charge is 0.338 e. The van der Waals surface area contributed by atoms with E-state index in [9.17, 15) is 23.8 Å². The molecule has 4 aromatic rings. The van der Waals surface area contributed by atoms with Gasteiger partial charge in [-0.2, -0.15) is 0 Å². The van der Waals surface area contributed by atoms with Crippen LogP contribution >= 0.6 is 34.2 Å². The number of hydrogen-bond donors (Lipinski definition) is 2. The summed E-state index contributed by atoms with van der Waals surface area (Å²) >= 11 is 8.23. The van der Waals surface area contributed by atoms with Crippen LogP contribution in [0.2, 0.25) is 5.15 Å². The highest BCUT2D eigenvalue weighted by atomic mass is 127. The molecule has 5 atom stereocenters. The summed E-state index contributed by atoms with van der Waals surface area (Å²) in [7, 11) is 0. The third-order valence-corrected chi connectivity index (χ3v) is 6.98. The van der Waals surface area contributed by atoms with Gasteiger partial charge in [-0.05, 0) is 52.4 Å². The first-order valence-corrected chi connectivity index (χ1v) is 12.1. The van der Waals surface area contributed by atoms with Crippen molar-refractivity contribution in [3.63, 3.8) is 0 Å². The molecule has 0 radical (unpaired) electrons. The highest BCUT2D eigenvalue weighted by Gasteiger charge is 2.49. The number of aliphatic hydroxyl groups excluding tert-OH is 2. The molecule has 186 valence electrons. The van der Waals surface area contributed by atoms with Gasteiger partial charge in [-0.25, -0.2) is 23.5 Å². The number of ether oxygens (including phenoxy) is 2. The summed E-state index contributed by atoms with van der Waals surface area (Å²) in [6, 6.07) is 11.0. The second-order valence-corrected chi connectivity index (χ2v) is 9.61. The fourth-order valence-corrected chi connectivity index (χ4v) is 5.32. The number of nitrogens with zero attached hydrogens (tertiary/aromatic N) is 3. The lowest BCUT2D eigenvalue weighted by molar-refractivity contribution is -0.0917. The molecule has 3 heterocycles. The number of esters is 1. The molecule has 2 N–H and O–H groups in total. The third kappa shape index (κ3) is 4.45. The Morgan fingerprint density at radius 3 is 2.58 bits per heavy atom. The normalized spacial score (nSPS) is 22.6. The van der Waals surface area contributed by atoms with Crippen molar-refractivity contribution in [3.05, 3.63) is 92.5 Å². The van der Waals surface area contributed by atoms with Crippen molar-refractivity contribution in [1.82, 2.24) is 14.5 Å². The molecule has 0 unspecified atom stereocenters. The Hall–Kier alpha value is -2.71. The predicted octanol–water partition coefficient (Wildman–Crippen LogP) is 4.19. The Morgan fingerprint density at radius 1 is 1.11 bits per heavy atom. The van der Waals surface area contributed by atoms with E-state index in [0.717, 1.165) is 12.1 Å². The number of hydrogen-bond acceptors (Lipinski definition) is 7. The van der Waals surface area contributed by atoms with Gasteiger partial charge in [-0.15, -0.1) is 0 Å². The summed E-state index contributed by atoms with van der Waals surface area (Å²) in [4.78, 5) is 21.0. The van der Waals surface area contributed by atoms with Crippen LogP contribution in [0.5, 0.6) is 0 Å². The zero-order valence-electron chi connectivity index (χ0n) is 18.1. The lowest BCUT2D eigenvalue weighted by atomic mass is 9.98. The van der Waals surface area contributed by atoms with Gasteiger partial charge in [0.05, 0.1) is 10.9 Å². The van der Waals surface area contributed by atoms with Crippen molar-refractivity contribution in [2.45, 2.75) is 30.6 Å². The molecule has 36 heavy (non-hydrogen) atoms. The van der Waals surface area contributed by atoms with Gasteiger partial charge in [-0.1, -0.05) is 35.9 Å². The van der Waals surface area contributed by atoms with E-state index >= 15 is 0 Å². The van der Waals surface area contributed by atoms with Gasteiger partial charge in [0.2, 0.25) is 0 Å². The number of carbonyl (C=O) groups is 1. The van der Waals surface area contributed by atoms with Crippen LogP contribution in [-0.4, -0.2) is 49.0 Å². The largest absolute Gasteiger partial charge is 0.451 e. The van der Waals surface area contributed by atoms with Crippen LogP contribution < -0.4 is 0 Å². The first-order valence-electron chi connectivity index (χ1n) is 10.7. The monoisotopic (exact) mass is 627 g/mol. The zero-order valence-corrected chi connectivity index (χ0v) is 21.0. The van der Waals surface area contributed by atoms with Crippen molar-refractivity contribution < 1.29 is 33.3 Å². The molecule has 0 spiro atoms. The summed E-state index contributed by atoms with van der Waals surface area (Å²) in [5, 5.41) is 22.6. The van der Waals surface area contributed by atoms with Crippen LogP contribution in [-0.2, 0) is 9.47 Å². The molecule has 0 amide bonds. The zero-order chi connectivity index (χ0) is 25.6. The van der Waals surface area contributed by atoms with Crippen molar-refractivity contribution in [2.75, 3.05) is 0 Å². The molecular formula is C24H17ClF2IN3O5. The molecule has 2 aromatic carbocycles. The molecule has 1 aliphatic heterocycles. The lowest BCUT2D eigenvalue weighted by Gasteiger charge is -2.26. The van der Waals surface area contributed by atoms with Crippen LogP contribution in [0.3, 0.4) is 0 Å². The first kappa shape index (κ1) is 25.0. The Morgan fingerprint density at radius 2 is 1.86 bits per heavy atom. The number of benzene rings is 2. The average molecular weight is 628 g/mol. The molecule has 0 aliphatic carbocycles. The maximum absolute atomic E-state index is 14.1. The molecular weight excluding hydrogens is 611 g/mol. The Bertz CT molecular complexity index is 1440. The second-order valence-electron chi connectivity index (χ2n) is 8.09. The van der Waals surface area contributed by atoms with Gasteiger partial charge in [-0.3, -0.25) is 0 Å². The van der Waals surface area contributed by atoms with Gasteiger partial charge in [0.1, 0.15) is 35.4 Å². The lowest BCUT2D eigenvalue weighted by Crippen LogP contribution is -2.36. The molecule has 1 saturated heterocycles. The van der Waals surface area contributed by atoms with E-state index in [1.165, 1.54) is 29.1 Å². The second kappa shape index (κ2) is 9.98. The van der Waals surface area contributed by atoms with Crippen LogP contribution in [0.15, 0.2) is 61.1 Å². The SMILES string of the molecule is O=C(O[C@H](c1ccc(F)c(F)c1)[C@H]1O[C@@H](n2cc(I)c3c(Cl)ncnc32)[C@H](O)[C@@H]1O)c1ccccc1. The standard InChI is InChI=1S/C24H17ClF2IN3O5/c25-21-16-15(28)9-31(22(16)30-10-29-21)23-18(33)17(32)20(35-23)19(12-6-7-13(26)14(27)8-12)36-24(34)11-4-2-1-3-5-11/h1-10,17-20,23,32-33H/t17-,18+,19+,20-,23+/m0/s1. The average Bonchev–Trinajstić information content (AvgIpc) is 3.36. The fraction of sp³-hybridized carbons (Fsp3) is 0.208. The number of halogens is 4. The summed E-state index contributed by atoms with van der Waals surface area (Å²) in [5.74, 6) is -3.04. The number of aromatic nitrogens is 3. The van der Waals surface area contributed by atoms with E-state index in [1.807, 2.05) is 22.6 Å².